The van der Waals surface area contributed by atoms with Crippen LogP contribution in [0.25, 0.3) is 0 Å². The van der Waals surface area contributed by atoms with Crippen molar-refractivity contribution in [2.45, 2.75) is 84.1 Å². The fourth-order valence-corrected chi connectivity index (χ4v) is 5.46. The van der Waals surface area contributed by atoms with Gasteiger partial charge in [-0.1, -0.05) is 94.6 Å². The van der Waals surface area contributed by atoms with E-state index < -0.39 is 6.10 Å². The molecule has 0 spiro atoms. The van der Waals surface area contributed by atoms with Crippen molar-refractivity contribution in [1.29, 1.82) is 0 Å². The summed E-state index contributed by atoms with van der Waals surface area (Å²) in [5.74, 6) is 0.722. The lowest BCUT2D eigenvalue weighted by atomic mass is 9.87. The van der Waals surface area contributed by atoms with E-state index in [-0.39, 0.29) is 5.41 Å². The third-order valence-electron chi connectivity index (χ3n) is 7.61. The molecule has 0 radical (unpaired) electrons. The number of nitrogens with zero attached hydrogens (tertiary/aromatic N) is 2. The van der Waals surface area contributed by atoms with Gasteiger partial charge < -0.3 is 14.4 Å². The lowest BCUT2D eigenvalue weighted by molar-refractivity contribution is 0.00469. The molecule has 4 rings (SSSR count). The molecule has 1 aliphatic rings. The van der Waals surface area contributed by atoms with Crippen LogP contribution in [-0.4, -0.2) is 40.4 Å². The topological polar surface area (TPSA) is 37.6 Å². The summed E-state index contributed by atoms with van der Waals surface area (Å²) < 4.78 is 8.22. The third-order valence-corrected chi connectivity index (χ3v) is 7.61. The summed E-state index contributed by atoms with van der Waals surface area (Å²) in [5, 5.41) is 10.9. The highest BCUT2D eigenvalue weighted by Gasteiger charge is 2.21. The van der Waals surface area contributed by atoms with Crippen LogP contribution in [0.3, 0.4) is 0 Å². The van der Waals surface area contributed by atoms with Crippen LogP contribution in [0.5, 0.6) is 0 Å². The highest BCUT2D eigenvalue weighted by Crippen LogP contribution is 2.26. The first kappa shape index (κ1) is 27.6. The number of benzene rings is 2. The number of hydrogen-bond acceptors (Lipinski definition) is 3. The molecule has 1 heterocycles. The Kier molecular flexibility index (Phi) is 10.0. The maximum Gasteiger partial charge on any atom is 0.0900 e. The van der Waals surface area contributed by atoms with Gasteiger partial charge in [0.1, 0.15) is 0 Å². The van der Waals surface area contributed by atoms with Crippen molar-refractivity contribution in [2.24, 2.45) is 5.92 Å². The van der Waals surface area contributed by atoms with Gasteiger partial charge in [-0.3, -0.25) is 4.90 Å². The molecule has 1 saturated carbocycles. The Balaban J connectivity index is 1.37. The lowest BCUT2D eigenvalue weighted by Gasteiger charge is -2.31. The molecule has 0 amide bonds. The fourth-order valence-electron chi connectivity index (χ4n) is 5.46. The van der Waals surface area contributed by atoms with Gasteiger partial charge in [0.25, 0.3) is 0 Å². The minimum Gasteiger partial charge on any atom is -0.389 e. The van der Waals surface area contributed by atoms with Gasteiger partial charge in [0.2, 0.25) is 0 Å². The Bertz CT molecular complexity index is 1050. The molecule has 200 valence electrons. The number of aliphatic hydroxyl groups excluding tert-OH is 1. The normalized spacial score (nSPS) is 15.8. The summed E-state index contributed by atoms with van der Waals surface area (Å²) in [6.07, 6.45) is 8.33. The second kappa shape index (κ2) is 13.4. The van der Waals surface area contributed by atoms with E-state index in [1.807, 2.05) is 18.2 Å². The Morgan fingerprint density at radius 1 is 0.919 bits per heavy atom. The van der Waals surface area contributed by atoms with Crippen molar-refractivity contribution in [3.63, 3.8) is 0 Å². The van der Waals surface area contributed by atoms with Crippen molar-refractivity contribution in [1.82, 2.24) is 9.47 Å². The molecule has 0 saturated heterocycles. The van der Waals surface area contributed by atoms with E-state index in [9.17, 15) is 5.11 Å². The molecule has 0 bridgehead atoms. The first-order valence-corrected chi connectivity index (χ1v) is 14.1. The number of ether oxygens (including phenoxy) is 1. The SMILES string of the molecule is CC(C)(C)c1ccc(Cn2cccc2CN(CC(O)COCc2ccccc2)CC2CCCCC2)cc1. The summed E-state index contributed by atoms with van der Waals surface area (Å²) in [6, 6.07) is 23.6. The molecule has 37 heavy (non-hydrogen) atoms. The largest absolute Gasteiger partial charge is 0.389 e. The van der Waals surface area contributed by atoms with E-state index in [1.165, 1.54) is 48.9 Å². The van der Waals surface area contributed by atoms with Gasteiger partial charge in [0.05, 0.1) is 19.3 Å². The molecular formula is C33H46N2O2. The maximum atomic E-state index is 10.9. The monoisotopic (exact) mass is 502 g/mol. The third kappa shape index (κ3) is 8.84. The van der Waals surface area contributed by atoms with E-state index >= 15 is 0 Å². The molecule has 4 nitrogen and oxygen atoms in total. The van der Waals surface area contributed by atoms with Crippen molar-refractivity contribution in [3.8, 4) is 0 Å². The van der Waals surface area contributed by atoms with Crippen LogP contribution >= 0.6 is 0 Å². The van der Waals surface area contributed by atoms with Crippen LogP contribution in [0, 0.1) is 5.92 Å². The van der Waals surface area contributed by atoms with Crippen LogP contribution in [0.4, 0.5) is 0 Å². The van der Waals surface area contributed by atoms with Crippen LogP contribution in [0.2, 0.25) is 0 Å². The minimum atomic E-state index is -0.499. The lowest BCUT2D eigenvalue weighted by Crippen LogP contribution is -2.38. The second-order valence-electron chi connectivity index (χ2n) is 11.9. The van der Waals surface area contributed by atoms with Gasteiger partial charge in [-0.25, -0.2) is 0 Å². The molecule has 1 fully saturated rings. The summed E-state index contributed by atoms with van der Waals surface area (Å²) >= 11 is 0. The van der Waals surface area contributed by atoms with E-state index in [4.69, 9.17) is 4.74 Å². The molecule has 1 aromatic heterocycles. The summed E-state index contributed by atoms with van der Waals surface area (Å²) in [7, 11) is 0. The predicted molar refractivity (Wildman–Crippen MR) is 153 cm³/mol. The van der Waals surface area contributed by atoms with Gasteiger partial charge in [-0.05, 0) is 53.0 Å². The number of aromatic nitrogens is 1. The molecule has 1 atom stereocenters. The predicted octanol–water partition coefficient (Wildman–Crippen LogP) is 6.79. The van der Waals surface area contributed by atoms with Crippen LogP contribution in [0.1, 0.15) is 75.3 Å². The average Bonchev–Trinajstić information content (AvgIpc) is 3.31. The summed E-state index contributed by atoms with van der Waals surface area (Å²) in [5.41, 5.74) is 5.29. The molecule has 0 aliphatic heterocycles. The van der Waals surface area contributed by atoms with Crippen molar-refractivity contribution >= 4 is 0 Å². The molecule has 4 heteroatoms. The van der Waals surface area contributed by atoms with Crippen LogP contribution in [0.15, 0.2) is 72.9 Å². The first-order chi connectivity index (χ1) is 17.9. The number of aliphatic hydroxyl groups is 1. The molecular weight excluding hydrogens is 456 g/mol. The zero-order chi connectivity index (χ0) is 26.1. The van der Waals surface area contributed by atoms with E-state index in [0.29, 0.717) is 19.8 Å². The van der Waals surface area contributed by atoms with Crippen molar-refractivity contribution in [3.05, 3.63) is 95.3 Å². The zero-order valence-corrected chi connectivity index (χ0v) is 23.1. The fraction of sp³-hybridized carbons (Fsp3) is 0.515. The quantitative estimate of drug-likeness (QED) is 0.296. The summed E-state index contributed by atoms with van der Waals surface area (Å²) in [4.78, 5) is 2.46. The highest BCUT2D eigenvalue weighted by atomic mass is 16.5. The second-order valence-corrected chi connectivity index (χ2v) is 11.9. The Morgan fingerprint density at radius 2 is 1.65 bits per heavy atom. The van der Waals surface area contributed by atoms with Gasteiger partial charge >= 0.3 is 0 Å². The molecule has 3 aromatic rings. The van der Waals surface area contributed by atoms with E-state index in [0.717, 1.165) is 31.1 Å². The van der Waals surface area contributed by atoms with Crippen molar-refractivity contribution < 1.29 is 9.84 Å². The van der Waals surface area contributed by atoms with Gasteiger partial charge in [0, 0.05) is 38.1 Å². The van der Waals surface area contributed by atoms with Gasteiger partial charge in [0.15, 0.2) is 0 Å². The molecule has 1 unspecified atom stereocenters. The van der Waals surface area contributed by atoms with E-state index in [2.05, 4.69) is 85.0 Å². The number of hydrogen-bond donors (Lipinski definition) is 1. The van der Waals surface area contributed by atoms with Gasteiger partial charge in [-0.15, -0.1) is 0 Å². The van der Waals surface area contributed by atoms with Crippen molar-refractivity contribution in [2.75, 3.05) is 19.7 Å². The Hall–Kier alpha value is -2.40. The Morgan fingerprint density at radius 3 is 2.35 bits per heavy atom. The number of rotatable bonds is 12. The highest BCUT2D eigenvalue weighted by molar-refractivity contribution is 5.28. The standard InChI is InChI=1S/C33H46N2O2/c1-33(2,3)30-18-16-28(17-19-30)22-35-20-10-15-31(35)23-34(21-27-11-6-4-7-12-27)24-32(36)26-37-25-29-13-8-5-9-14-29/h5,8-10,13-20,27,32,36H,4,6-7,11-12,21-26H2,1-3H3. The first-order valence-electron chi connectivity index (χ1n) is 14.1. The average molecular weight is 503 g/mol. The van der Waals surface area contributed by atoms with Crippen LogP contribution < -0.4 is 0 Å². The molecule has 1 aliphatic carbocycles. The molecule has 2 aromatic carbocycles. The maximum absolute atomic E-state index is 10.9. The zero-order valence-electron chi connectivity index (χ0n) is 23.1. The molecule has 1 N–H and O–H groups in total. The minimum absolute atomic E-state index is 0.169. The van der Waals surface area contributed by atoms with Gasteiger partial charge in [-0.2, -0.15) is 0 Å². The summed E-state index contributed by atoms with van der Waals surface area (Å²) in [6.45, 7) is 11.1. The van der Waals surface area contributed by atoms with E-state index in [1.54, 1.807) is 0 Å². The smallest absolute Gasteiger partial charge is 0.0900 e. The Labute approximate surface area is 224 Å². The van der Waals surface area contributed by atoms with Crippen LogP contribution in [-0.2, 0) is 29.8 Å².